The van der Waals surface area contributed by atoms with Crippen LogP contribution in [0.25, 0.3) is 0 Å². The van der Waals surface area contributed by atoms with Gasteiger partial charge in [-0.1, -0.05) is 0 Å². The molecule has 0 aliphatic carbocycles. The van der Waals surface area contributed by atoms with E-state index in [1.54, 1.807) is 0 Å². The van der Waals surface area contributed by atoms with Crippen molar-refractivity contribution in [2.75, 3.05) is 0 Å². The van der Waals surface area contributed by atoms with E-state index < -0.39 is 10.2 Å². The van der Waals surface area contributed by atoms with Crippen LogP contribution in [0.2, 0.25) is 0 Å². The number of halogens is 1. The van der Waals surface area contributed by atoms with Crippen molar-refractivity contribution >= 4 is 54.7 Å². The standard InChI is InChI=1S/BrH.Ca.2HNO3.2H/c;;2*2-1(3)4;;/h1H;;2*(H,2,3,4);;. The van der Waals surface area contributed by atoms with Crippen molar-refractivity contribution in [2.45, 2.75) is 0 Å². The van der Waals surface area contributed by atoms with Crippen LogP contribution in [0.3, 0.4) is 0 Å². The summed E-state index contributed by atoms with van der Waals surface area (Å²) in [5, 5.41) is 27.3. The Hall–Kier alpha value is 0.140. The fourth-order valence-electron chi connectivity index (χ4n) is 0. The van der Waals surface area contributed by atoms with Crippen LogP contribution >= 0.6 is 17.0 Å². The second-order valence-electron chi connectivity index (χ2n) is 0.476. The fourth-order valence-corrected chi connectivity index (χ4v) is 0. The molecule has 10 heteroatoms. The molecule has 0 bridgehead atoms. The molecule has 0 saturated heterocycles. The first-order chi connectivity index (χ1) is 3.46. The van der Waals surface area contributed by atoms with Crippen LogP contribution in [0.15, 0.2) is 0 Å². The molecule has 2 N–H and O–H groups in total. The first-order valence-corrected chi connectivity index (χ1v) is 1.13. The molecule has 0 radical (unpaired) electrons. The van der Waals surface area contributed by atoms with E-state index in [9.17, 15) is 0 Å². The molecule has 10 heavy (non-hydrogen) atoms. The van der Waals surface area contributed by atoms with E-state index in [1.807, 2.05) is 0 Å². The van der Waals surface area contributed by atoms with E-state index in [4.69, 9.17) is 30.6 Å². The van der Waals surface area contributed by atoms with Gasteiger partial charge in [-0.15, -0.1) is 37.2 Å². The minimum atomic E-state index is -1.50. The minimum absolute atomic E-state index is 0. The van der Waals surface area contributed by atoms with Gasteiger partial charge < -0.3 is 10.4 Å². The Morgan fingerprint density at radius 1 is 1.00 bits per heavy atom. The first-order valence-electron chi connectivity index (χ1n) is 1.13. The Kier molecular flexibility index (Phi) is 36.1. The van der Waals surface area contributed by atoms with Crippen molar-refractivity contribution in [1.82, 2.24) is 0 Å². The molecule has 0 aromatic carbocycles. The van der Waals surface area contributed by atoms with Gasteiger partial charge in [0.25, 0.3) is 10.2 Å². The zero-order valence-electron chi connectivity index (χ0n) is 3.83. The van der Waals surface area contributed by atoms with Gasteiger partial charge in [-0.3, -0.25) is 0 Å². The second-order valence-corrected chi connectivity index (χ2v) is 0.476. The van der Waals surface area contributed by atoms with Crippen molar-refractivity contribution in [3.63, 3.8) is 0 Å². The van der Waals surface area contributed by atoms with E-state index in [2.05, 4.69) is 0 Å². The molecule has 0 fully saturated rings. The predicted octanol–water partition coefficient (Wildman–Crippen LogP) is -1.03. The Labute approximate surface area is 94.8 Å². The summed E-state index contributed by atoms with van der Waals surface area (Å²) >= 11 is 0. The predicted molar refractivity (Wildman–Crippen MR) is 36.4 cm³/mol. The van der Waals surface area contributed by atoms with Gasteiger partial charge in [0, 0.05) is 0 Å². The summed E-state index contributed by atoms with van der Waals surface area (Å²) in [5.41, 5.74) is 0. The summed E-state index contributed by atoms with van der Waals surface area (Å²) in [4.78, 5) is 16.7. The van der Waals surface area contributed by atoms with Gasteiger partial charge in [-0.25, -0.2) is 0 Å². The molecule has 0 aromatic heterocycles. The van der Waals surface area contributed by atoms with Crippen LogP contribution in [0.1, 0.15) is 0 Å². The summed E-state index contributed by atoms with van der Waals surface area (Å²) in [6, 6.07) is 0. The number of hydrogen-bond acceptors (Lipinski definition) is 4. The summed E-state index contributed by atoms with van der Waals surface area (Å²) < 4.78 is 0. The van der Waals surface area contributed by atoms with Crippen molar-refractivity contribution in [3.05, 3.63) is 20.2 Å². The van der Waals surface area contributed by atoms with Gasteiger partial charge in [0.2, 0.25) is 0 Å². The van der Waals surface area contributed by atoms with Gasteiger partial charge in [0.1, 0.15) is 0 Å². The molecule has 0 spiro atoms. The molecule has 0 aromatic rings. The number of rotatable bonds is 0. The molecule has 0 saturated carbocycles. The molecule has 0 heterocycles. The summed E-state index contributed by atoms with van der Waals surface area (Å²) in [5.74, 6) is 0. The summed E-state index contributed by atoms with van der Waals surface area (Å²) in [7, 11) is 0. The molecular formula is H5BrCaN2O6. The molecule has 0 aliphatic rings. The van der Waals surface area contributed by atoms with Crippen LogP contribution in [0.5, 0.6) is 0 Å². The Balaban J connectivity index is -0.0000000300. The summed E-state index contributed by atoms with van der Waals surface area (Å²) in [6.07, 6.45) is 0. The van der Waals surface area contributed by atoms with Gasteiger partial charge in [0.05, 0.1) is 0 Å². The Morgan fingerprint density at radius 2 is 1.00 bits per heavy atom. The van der Waals surface area contributed by atoms with Crippen LogP contribution in [-0.4, -0.2) is 58.3 Å². The Morgan fingerprint density at radius 3 is 1.00 bits per heavy atom. The third-order valence-corrected chi connectivity index (χ3v) is 0. The van der Waals surface area contributed by atoms with Gasteiger partial charge >= 0.3 is 37.7 Å². The van der Waals surface area contributed by atoms with E-state index in [0.29, 0.717) is 0 Å². The van der Waals surface area contributed by atoms with Crippen molar-refractivity contribution in [1.29, 1.82) is 0 Å². The van der Waals surface area contributed by atoms with Crippen molar-refractivity contribution < 1.29 is 20.6 Å². The normalized spacial score (nSPS) is 4.80. The monoisotopic (exact) mass is 248 g/mol. The Bertz CT molecular complexity index is 73.7. The van der Waals surface area contributed by atoms with E-state index in [0.717, 1.165) is 0 Å². The van der Waals surface area contributed by atoms with E-state index in [1.165, 1.54) is 0 Å². The van der Waals surface area contributed by atoms with Gasteiger partial charge in [-0.05, 0) is 0 Å². The number of hydrogen-bond donors (Lipinski definition) is 2. The zero-order valence-corrected chi connectivity index (χ0v) is 5.54. The summed E-state index contributed by atoms with van der Waals surface area (Å²) in [6.45, 7) is 0. The molecule has 8 nitrogen and oxygen atoms in total. The third-order valence-electron chi connectivity index (χ3n) is 0. The second kappa shape index (κ2) is 16.1. The van der Waals surface area contributed by atoms with Gasteiger partial charge in [0.15, 0.2) is 0 Å². The third kappa shape index (κ3) is 21200. The van der Waals surface area contributed by atoms with E-state index in [-0.39, 0.29) is 54.7 Å². The molecule has 0 atom stereocenters. The van der Waals surface area contributed by atoms with Crippen molar-refractivity contribution in [2.24, 2.45) is 0 Å². The molecule has 0 amide bonds. The zero-order chi connectivity index (χ0) is 7.15. The van der Waals surface area contributed by atoms with Crippen LogP contribution in [-0.2, 0) is 0 Å². The molecular weight excluding hydrogens is 244 g/mol. The average Bonchev–Trinajstić information content (AvgIpc) is 1.25. The van der Waals surface area contributed by atoms with Crippen LogP contribution in [0.4, 0.5) is 0 Å². The molecule has 0 aliphatic heterocycles. The van der Waals surface area contributed by atoms with Crippen LogP contribution < -0.4 is 0 Å². The molecule has 0 rings (SSSR count). The fraction of sp³-hybridized carbons (Fsp3) is 0. The van der Waals surface area contributed by atoms with Crippen LogP contribution in [0, 0.1) is 20.2 Å². The van der Waals surface area contributed by atoms with Gasteiger partial charge in [-0.2, -0.15) is 0 Å². The average molecular weight is 249 g/mol. The topological polar surface area (TPSA) is 127 Å². The first kappa shape index (κ1) is 22.5. The quantitative estimate of drug-likeness (QED) is 0.321. The molecule has 60 valence electrons. The van der Waals surface area contributed by atoms with Crippen molar-refractivity contribution in [3.8, 4) is 0 Å². The number of nitrogens with zero attached hydrogens (tertiary/aromatic N) is 2. The maximum absolute atomic E-state index is 8.36. The van der Waals surface area contributed by atoms with E-state index >= 15 is 0 Å². The SMILES string of the molecule is Br.O=[N+]([O-])O.O=[N+]([O-])O.[CaH2]. The molecule has 0 unspecified atom stereocenters. The maximum atomic E-state index is 8.36.